The number of nitro benzene ring substituents is 1. The predicted octanol–water partition coefficient (Wildman–Crippen LogP) is 4.16. The summed E-state index contributed by atoms with van der Waals surface area (Å²) < 4.78 is 32.8. The van der Waals surface area contributed by atoms with Gasteiger partial charge in [0.15, 0.2) is 12.4 Å². The number of non-ortho nitro benzene ring substituents is 1. The molecule has 0 bridgehead atoms. The number of ketones is 1. The van der Waals surface area contributed by atoms with E-state index < -0.39 is 39.0 Å². The van der Waals surface area contributed by atoms with Crippen LogP contribution in [0.3, 0.4) is 0 Å². The molecule has 0 aliphatic carbocycles. The van der Waals surface area contributed by atoms with Crippen LogP contribution in [0.4, 0.5) is 11.4 Å². The van der Waals surface area contributed by atoms with Gasteiger partial charge in [-0.05, 0) is 36.6 Å². The van der Waals surface area contributed by atoms with E-state index in [9.17, 15) is 28.1 Å². The number of ether oxygens (including phenoxy) is 1. The van der Waals surface area contributed by atoms with Gasteiger partial charge >= 0.3 is 5.97 Å². The number of para-hydroxylation sites is 1. The Hall–Kier alpha value is -3.70. The second kappa shape index (κ2) is 10.3. The van der Waals surface area contributed by atoms with Gasteiger partial charge in [-0.25, -0.2) is 13.2 Å². The third kappa shape index (κ3) is 5.96. The molecule has 3 aromatic rings. The van der Waals surface area contributed by atoms with Crippen molar-refractivity contribution in [2.24, 2.45) is 0 Å². The maximum absolute atomic E-state index is 12.7. The van der Waals surface area contributed by atoms with E-state index in [4.69, 9.17) is 4.74 Å². The number of anilines is 1. The van der Waals surface area contributed by atoms with Gasteiger partial charge in [-0.15, -0.1) is 11.8 Å². The summed E-state index contributed by atoms with van der Waals surface area (Å²) in [7, 11) is -4.24. The van der Waals surface area contributed by atoms with Gasteiger partial charge in [0.25, 0.3) is 15.7 Å². The van der Waals surface area contributed by atoms with Crippen LogP contribution < -0.4 is 4.72 Å². The highest BCUT2D eigenvalue weighted by Gasteiger charge is 2.22. The van der Waals surface area contributed by atoms with Gasteiger partial charge in [0, 0.05) is 22.6 Å². The van der Waals surface area contributed by atoms with E-state index in [1.165, 1.54) is 48.2 Å². The summed E-state index contributed by atoms with van der Waals surface area (Å²) >= 11 is 1.53. The second-order valence-electron chi connectivity index (χ2n) is 6.63. The highest BCUT2D eigenvalue weighted by Crippen LogP contribution is 2.23. The van der Waals surface area contributed by atoms with Crippen LogP contribution in [0.1, 0.15) is 20.7 Å². The van der Waals surface area contributed by atoms with Crippen LogP contribution in [0.15, 0.2) is 82.6 Å². The first-order valence-electron chi connectivity index (χ1n) is 9.42. The highest BCUT2D eigenvalue weighted by atomic mass is 32.2. The molecule has 0 unspecified atom stereocenters. The Morgan fingerprint density at radius 2 is 1.73 bits per heavy atom. The van der Waals surface area contributed by atoms with Gasteiger partial charge in [-0.3, -0.25) is 19.6 Å². The van der Waals surface area contributed by atoms with Gasteiger partial charge in [0.2, 0.25) is 0 Å². The average molecular weight is 487 g/mol. The number of rotatable bonds is 9. The minimum atomic E-state index is -4.24. The number of thioether (sulfide) groups is 1. The number of hydrogen-bond acceptors (Lipinski definition) is 8. The Balaban J connectivity index is 1.75. The van der Waals surface area contributed by atoms with Crippen LogP contribution in [0.2, 0.25) is 0 Å². The minimum absolute atomic E-state index is 0.0919. The molecule has 0 radical (unpaired) electrons. The van der Waals surface area contributed by atoms with Crippen LogP contribution in [0.25, 0.3) is 0 Å². The number of carbonyl (C=O) groups excluding carboxylic acids is 2. The molecule has 9 nitrogen and oxygen atoms in total. The van der Waals surface area contributed by atoms with E-state index in [0.29, 0.717) is 5.56 Å². The van der Waals surface area contributed by atoms with Crippen molar-refractivity contribution in [3.05, 3.63) is 94.0 Å². The molecule has 1 N–H and O–H groups in total. The summed E-state index contributed by atoms with van der Waals surface area (Å²) in [6.07, 6.45) is 1.91. The lowest BCUT2D eigenvalue weighted by Crippen LogP contribution is -2.18. The molecular formula is C22H18N2O7S2. The molecule has 3 rings (SSSR count). The summed E-state index contributed by atoms with van der Waals surface area (Å²) in [4.78, 5) is 35.7. The molecule has 0 saturated heterocycles. The first kappa shape index (κ1) is 24.0. The van der Waals surface area contributed by atoms with Crippen molar-refractivity contribution in [1.29, 1.82) is 0 Å². The van der Waals surface area contributed by atoms with Crippen LogP contribution in [0, 0.1) is 10.1 Å². The van der Waals surface area contributed by atoms with Crippen molar-refractivity contribution in [2.45, 2.75) is 9.79 Å². The molecular weight excluding hydrogens is 468 g/mol. The molecule has 33 heavy (non-hydrogen) atoms. The third-order valence-corrected chi connectivity index (χ3v) is 6.58. The molecule has 0 spiro atoms. The topological polar surface area (TPSA) is 133 Å². The Labute approximate surface area is 194 Å². The van der Waals surface area contributed by atoms with Gasteiger partial charge < -0.3 is 4.74 Å². The number of benzene rings is 3. The number of sulfonamides is 1. The molecule has 3 aromatic carbocycles. The number of esters is 1. The van der Waals surface area contributed by atoms with Crippen molar-refractivity contribution in [2.75, 3.05) is 17.6 Å². The van der Waals surface area contributed by atoms with Crippen molar-refractivity contribution >= 4 is 44.9 Å². The van der Waals surface area contributed by atoms with Crippen LogP contribution in [-0.4, -0.2) is 38.0 Å². The van der Waals surface area contributed by atoms with Gasteiger partial charge in [0.05, 0.1) is 21.1 Å². The van der Waals surface area contributed by atoms with Crippen LogP contribution >= 0.6 is 11.8 Å². The Morgan fingerprint density at radius 1 is 1.03 bits per heavy atom. The van der Waals surface area contributed by atoms with Crippen molar-refractivity contribution in [3.8, 4) is 0 Å². The monoisotopic (exact) mass is 486 g/mol. The minimum Gasteiger partial charge on any atom is -0.454 e. The summed E-state index contributed by atoms with van der Waals surface area (Å²) in [6.45, 7) is -0.524. The Kier molecular flexibility index (Phi) is 7.46. The number of nitro groups is 1. The van der Waals surface area contributed by atoms with E-state index in [-0.39, 0.29) is 16.1 Å². The second-order valence-corrected chi connectivity index (χ2v) is 9.20. The van der Waals surface area contributed by atoms with Crippen molar-refractivity contribution in [1.82, 2.24) is 0 Å². The summed E-state index contributed by atoms with van der Waals surface area (Å²) in [5.41, 5.74) is -0.224. The molecule has 0 aliphatic heterocycles. The largest absolute Gasteiger partial charge is 0.454 e. The zero-order chi connectivity index (χ0) is 24.0. The maximum Gasteiger partial charge on any atom is 0.340 e. The maximum atomic E-state index is 12.7. The fraction of sp³-hybridized carbons (Fsp3) is 0.0909. The normalized spacial score (nSPS) is 10.9. The lowest BCUT2D eigenvalue weighted by atomic mass is 10.1. The van der Waals surface area contributed by atoms with E-state index in [0.717, 1.165) is 17.0 Å². The van der Waals surface area contributed by atoms with Crippen LogP contribution in [-0.2, 0) is 14.8 Å². The number of hydrogen-bond donors (Lipinski definition) is 1. The molecule has 0 aromatic heterocycles. The van der Waals surface area contributed by atoms with Crippen molar-refractivity contribution < 1.29 is 27.7 Å². The molecule has 0 saturated carbocycles. The SMILES string of the molecule is CSc1ccc(C(=O)COC(=O)c2ccccc2NS(=O)(=O)c2cccc([N+](=O)[O-])c2)cc1. The molecule has 0 aliphatic rings. The zero-order valence-electron chi connectivity index (χ0n) is 17.3. The number of Topliss-reactive ketones (excluding diaryl/α,β-unsaturated/α-hetero) is 1. The molecule has 0 heterocycles. The Bertz CT molecular complexity index is 1310. The summed E-state index contributed by atoms with van der Waals surface area (Å²) in [5.74, 6) is -1.31. The molecule has 0 amide bonds. The number of nitrogens with one attached hydrogen (secondary N) is 1. The standard InChI is InChI=1S/C22H18N2O7S2/c1-32-17-11-9-15(10-12-17)21(25)14-31-22(26)19-7-2-3-8-20(19)23-33(29,30)18-6-4-5-16(13-18)24(27)28/h2-13,23H,14H2,1H3. The fourth-order valence-corrected chi connectivity index (χ4v) is 4.31. The molecule has 11 heteroatoms. The first-order valence-corrected chi connectivity index (χ1v) is 12.1. The van der Waals surface area contributed by atoms with E-state index in [2.05, 4.69) is 4.72 Å². The smallest absolute Gasteiger partial charge is 0.340 e. The quantitative estimate of drug-likeness (QED) is 0.157. The number of nitrogens with zero attached hydrogens (tertiary/aromatic N) is 1. The van der Waals surface area contributed by atoms with Crippen molar-refractivity contribution in [3.63, 3.8) is 0 Å². The van der Waals surface area contributed by atoms with E-state index >= 15 is 0 Å². The lowest BCUT2D eigenvalue weighted by Gasteiger charge is -2.12. The predicted molar refractivity (Wildman–Crippen MR) is 123 cm³/mol. The zero-order valence-corrected chi connectivity index (χ0v) is 18.9. The van der Waals surface area contributed by atoms with Gasteiger partial charge in [0.1, 0.15) is 0 Å². The van der Waals surface area contributed by atoms with E-state index in [1.807, 2.05) is 6.26 Å². The molecule has 170 valence electrons. The van der Waals surface area contributed by atoms with Crippen LogP contribution in [0.5, 0.6) is 0 Å². The lowest BCUT2D eigenvalue weighted by molar-refractivity contribution is -0.385. The molecule has 0 atom stereocenters. The number of carbonyl (C=O) groups is 2. The average Bonchev–Trinajstić information content (AvgIpc) is 2.82. The Morgan fingerprint density at radius 3 is 2.39 bits per heavy atom. The first-order chi connectivity index (χ1) is 15.7. The third-order valence-electron chi connectivity index (χ3n) is 4.48. The van der Waals surface area contributed by atoms with E-state index in [1.54, 1.807) is 24.3 Å². The summed E-state index contributed by atoms with van der Waals surface area (Å²) in [6, 6.07) is 17.0. The molecule has 0 fully saturated rings. The van der Waals surface area contributed by atoms with Gasteiger partial charge in [-0.1, -0.05) is 30.3 Å². The highest BCUT2D eigenvalue weighted by molar-refractivity contribution is 7.98. The summed E-state index contributed by atoms with van der Waals surface area (Å²) in [5, 5.41) is 10.9. The van der Waals surface area contributed by atoms with Gasteiger partial charge in [-0.2, -0.15) is 0 Å². The fourth-order valence-electron chi connectivity index (χ4n) is 2.79.